The summed E-state index contributed by atoms with van der Waals surface area (Å²) in [7, 11) is 1.43. The zero-order chi connectivity index (χ0) is 9.14. The lowest BCUT2D eigenvalue weighted by atomic mass is 10.4. The topological polar surface area (TPSA) is 65.3 Å². The smallest absolute Gasteiger partial charge is 0.381 e. The molecule has 0 saturated carbocycles. The number of rotatable bonds is 2. The van der Waals surface area contributed by atoms with Crippen LogP contribution in [-0.2, 0) is 0 Å². The first kappa shape index (κ1) is 8.92. The van der Waals surface area contributed by atoms with Crippen LogP contribution in [-0.4, -0.2) is 17.0 Å². The number of hydrogen-bond donors (Lipinski definition) is 0. The molecule has 5 nitrogen and oxygen atoms in total. The highest BCUT2D eigenvalue weighted by molar-refractivity contribution is 9.10. The van der Waals surface area contributed by atoms with Gasteiger partial charge < -0.3 is 14.9 Å². The van der Waals surface area contributed by atoms with Crippen LogP contribution in [0, 0.1) is 10.1 Å². The van der Waals surface area contributed by atoms with Crippen molar-refractivity contribution in [2.45, 2.75) is 0 Å². The van der Waals surface area contributed by atoms with Crippen LogP contribution < -0.4 is 4.74 Å². The first-order valence-electron chi connectivity index (χ1n) is 2.99. The summed E-state index contributed by atoms with van der Waals surface area (Å²) in [6.45, 7) is 0. The largest absolute Gasteiger partial charge is 0.495 e. The van der Waals surface area contributed by atoms with Gasteiger partial charge >= 0.3 is 5.82 Å². The lowest BCUT2D eigenvalue weighted by Gasteiger charge is -2.00. The summed E-state index contributed by atoms with van der Waals surface area (Å²) in [6.07, 6.45) is 1.32. The second-order valence-electron chi connectivity index (χ2n) is 1.91. The van der Waals surface area contributed by atoms with Crippen LogP contribution in [0.4, 0.5) is 5.82 Å². The van der Waals surface area contributed by atoms with Gasteiger partial charge in [0, 0.05) is 6.07 Å². The summed E-state index contributed by atoms with van der Waals surface area (Å²) in [5, 5.41) is 10.3. The predicted molar refractivity (Wildman–Crippen MR) is 45.1 cm³/mol. The van der Waals surface area contributed by atoms with Gasteiger partial charge in [0.2, 0.25) is 0 Å². The highest BCUT2D eigenvalue weighted by Gasteiger charge is 2.16. The van der Waals surface area contributed by atoms with Gasteiger partial charge in [-0.05, 0) is 25.8 Å². The molecule has 0 aliphatic rings. The molecule has 12 heavy (non-hydrogen) atoms. The predicted octanol–water partition coefficient (Wildman–Crippen LogP) is 1.76. The Bertz CT molecular complexity index is 316. The van der Waals surface area contributed by atoms with Crippen molar-refractivity contribution >= 4 is 21.7 Å². The third kappa shape index (κ3) is 1.53. The van der Waals surface area contributed by atoms with Crippen molar-refractivity contribution in [3.05, 3.63) is 26.9 Å². The molecule has 64 valence electrons. The quantitative estimate of drug-likeness (QED) is 0.576. The van der Waals surface area contributed by atoms with Crippen LogP contribution in [0.5, 0.6) is 5.75 Å². The summed E-state index contributed by atoms with van der Waals surface area (Å²) in [5.41, 5.74) is 0. The van der Waals surface area contributed by atoms with Gasteiger partial charge in [-0.3, -0.25) is 0 Å². The van der Waals surface area contributed by atoms with Crippen LogP contribution in [0.3, 0.4) is 0 Å². The van der Waals surface area contributed by atoms with Crippen molar-refractivity contribution < 1.29 is 9.66 Å². The van der Waals surface area contributed by atoms with Gasteiger partial charge in [0.1, 0.15) is 11.9 Å². The van der Waals surface area contributed by atoms with E-state index in [0.717, 1.165) is 0 Å². The number of halogens is 1. The highest BCUT2D eigenvalue weighted by Crippen LogP contribution is 2.31. The number of nitro groups is 1. The first-order valence-corrected chi connectivity index (χ1v) is 3.79. The lowest BCUT2D eigenvalue weighted by molar-refractivity contribution is -0.390. The Kier molecular flexibility index (Phi) is 2.59. The van der Waals surface area contributed by atoms with E-state index in [1.54, 1.807) is 0 Å². The molecule has 0 saturated heterocycles. The zero-order valence-corrected chi connectivity index (χ0v) is 7.74. The van der Waals surface area contributed by atoms with Gasteiger partial charge in [-0.2, -0.15) is 0 Å². The molecule has 0 unspecified atom stereocenters. The molecule has 0 aliphatic heterocycles. The second-order valence-corrected chi connectivity index (χ2v) is 2.70. The van der Waals surface area contributed by atoms with E-state index in [4.69, 9.17) is 4.74 Å². The van der Waals surface area contributed by atoms with Gasteiger partial charge in [-0.1, -0.05) is 0 Å². The first-order chi connectivity index (χ1) is 5.66. The molecule has 0 bridgehead atoms. The molecule has 0 radical (unpaired) electrons. The molecule has 0 amide bonds. The number of methoxy groups -OCH3 is 1. The highest BCUT2D eigenvalue weighted by atomic mass is 79.9. The standard InChI is InChI=1S/C6H5BrN2O3/c1-12-4-2-3-8-6(5(4)7)9(10)11/h2-3H,1H3. The molecular formula is C6H5BrN2O3. The number of aromatic nitrogens is 1. The summed E-state index contributed by atoms with van der Waals surface area (Å²) >= 11 is 3.01. The van der Waals surface area contributed by atoms with Crippen molar-refractivity contribution in [1.29, 1.82) is 0 Å². The SMILES string of the molecule is COc1ccnc([N+](=O)[O-])c1Br. The molecule has 1 heterocycles. The van der Waals surface area contributed by atoms with Crippen LogP contribution in [0.2, 0.25) is 0 Å². The fourth-order valence-electron chi connectivity index (χ4n) is 0.701. The molecule has 1 aromatic heterocycles. The molecule has 0 aliphatic carbocycles. The Morgan fingerprint density at radius 1 is 1.75 bits per heavy atom. The molecular weight excluding hydrogens is 228 g/mol. The fraction of sp³-hybridized carbons (Fsp3) is 0.167. The third-order valence-electron chi connectivity index (χ3n) is 1.23. The molecule has 1 aromatic rings. The van der Waals surface area contributed by atoms with E-state index in [-0.39, 0.29) is 10.3 Å². The van der Waals surface area contributed by atoms with Gasteiger partial charge in [-0.25, -0.2) is 0 Å². The maximum atomic E-state index is 10.3. The molecule has 0 N–H and O–H groups in total. The van der Waals surface area contributed by atoms with Crippen LogP contribution in [0.1, 0.15) is 0 Å². The minimum absolute atomic E-state index is 0.241. The Morgan fingerprint density at radius 2 is 2.42 bits per heavy atom. The number of ether oxygens (including phenoxy) is 1. The monoisotopic (exact) mass is 232 g/mol. The summed E-state index contributed by atoms with van der Waals surface area (Å²) in [6, 6.07) is 1.54. The van der Waals surface area contributed by atoms with Gasteiger partial charge in [0.25, 0.3) is 0 Å². The Hall–Kier alpha value is -1.17. The maximum absolute atomic E-state index is 10.3. The van der Waals surface area contributed by atoms with E-state index in [0.29, 0.717) is 5.75 Å². The van der Waals surface area contributed by atoms with Gasteiger partial charge in [-0.15, -0.1) is 0 Å². The molecule has 1 rings (SSSR count). The summed E-state index contributed by atoms with van der Waals surface area (Å²) in [4.78, 5) is 13.3. The Balaban J connectivity index is 3.23. The van der Waals surface area contributed by atoms with E-state index in [1.165, 1.54) is 19.4 Å². The molecule has 0 aromatic carbocycles. The Labute approximate surface area is 76.7 Å². The van der Waals surface area contributed by atoms with Crippen molar-refractivity contribution in [1.82, 2.24) is 4.98 Å². The number of pyridine rings is 1. The molecule has 0 atom stereocenters. The molecule has 0 fully saturated rings. The Morgan fingerprint density at radius 3 is 2.92 bits per heavy atom. The van der Waals surface area contributed by atoms with Crippen molar-refractivity contribution in [2.75, 3.05) is 7.11 Å². The van der Waals surface area contributed by atoms with Crippen molar-refractivity contribution in [3.8, 4) is 5.75 Å². The minimum atomic E-state index is -0.577. The average Bonchev–Trinajstić information content (AvgIpc) is 2.04. The van der Waals surface area contributed by atoms with Crippen molar-refractivity contribution in [2.24, 2.45) is 0 Å². The van der Waals surface area contributed by atoms with E-state index in [1.807, 2.05) is 0 Å². The minimum Gasteiger partial charge on any atom is -0.495 e. The lowest BCUT2D eigenvalue weighted by Crippen LogP contribution is -1.94. The number of nitrogens with zero attached hydrogens (tertiary/aromatic N) is 2. The second kappa shape index (κ2) is 3.48. The van der Waals surface area contributed by atoms with Crippen LogP contribution >= 0.6 is 15.9 Å². The van der Waals surface area contributed by atoms with E-state index >= 15 is 0 Å². The average molecular weight is 233 g/mol. The number of hydrogen-bond acceptors (Lipinski definition) is 4. The summed E-state index contributed by atoms with van der Waals surface area (Å²) < 4.78 is 5.11. The zero-order valence-electron chi connectivity index (χ0n) is 6.15. The normalized spacial score (nSPS) is 9.50. The van der Waals surface area contributed by atoms with Gasteiger partial charge in [0.05, 0.1) is 7.11 Å². The fourth-order valence-corrected chi connectivity index (χ4v) is 1.24. The van der Waals surface area contributed by atoms with Gasteiger partial charge in [0.15, 0.2) is 4.47 Å². The third-order valence-corrected chi connectivity index (χ3v) is 1.97. The molecule has 0 spiro atoms. The van der Waals surface area contributed by atoms with Crippen LogP contribution in [0.25, 0.3) is 0 Å². The van der Waals surface area contributed by atoms with Crippen LogP contribution in [0.15, 0.2) is 16.7 Å². The maximum Gasteiger partial charge on any atom is 0.381 e. The molecule has 6 heteroatoms. The summed E-state index contributed by atoms with van der Waals surface area (Å²) in [5.74, 6) is 0.158. The van der Waals surface area contributed by atoms with E-state index in [2.05, 4.69) is 20.9 Å². The van der Waals surface area contributed by atoms with E-state index in [9.17, 15) is 10.1 Å². The van der Waals surface area contributed by atoms with Crippen molar-refractivity contribution in [3.63, 3.8) is 0 Å². The van der Waals surface area contributed by atoms with E-state index < -0.39 is 4.92 Å².